The zero-order valence-corrected chi connectivity index (χ0v) is 11.6. The number of piperidine rings is 1. The third-order valence-electron chi connectivity index (χ3n) is 3.49. The topological polar surface area (TPSA) is 62.7 Å². The van der Waals surface area contributed by atoms with E-state index in [0.717, 1.165) is 48.8 Å². The molecule has 1 fully saturated rings. The number of hydrogen-bond donors (Lipinski definition) is 2. The molecular formula is C15H19N5. The van der Waals surface area contributed by atoms with Crippen LogP contribution in [0.4, 0.5) is 5.82 Å². The van der Waals surface area contributed by atoms with Gasteiger partial charge < -0.3 is 10.6 Å². The fraction of sp³-hybridized carbons (Fsp3) is 0.400. The van der Waals surface area contributed by atoms with Crippen LogP contribution < -0.4 is 10.6 Å². The molecule has 2 N–H and O–H groups in total. The van der Waals surface area contributed by atoms with E-state index in [9.17, 15) is 0 Å². The predicted octanol–water partition coefficient (Wildman–Crippen LogP) is 2.01. The Balaban J connectivity index is 1.83. The standard InChI is InChI=1S/C15H19N5/c1-11-18-14(12-3-2-6-17-10-12)9-15(19-11)20-13-4-7-16-8-5-13/h2-3,6,9-10,13,16H,4-5,7-8H2,1H3,(H,18,19,20). The van der Waals surface area contributed by atoms with Crippen molar-refractivity contribution in [2.45, 2.75) is 25.8 Å². The minimum atomic E-state index is 0.493. The van der Waals surface area contributed by atoms with Crippen LogP contribution in [0.2, 0.25) is 0 Å². The van der Waals surface area contributed by atoms with E-state index in [0.29, 0.717) is 6.04 Å². The number of aryl methyl sites for hydroxylation is 1. The van der Waals surface area contributed by atoms with E-state index in [1.165, 1.54) is 0 Å². The zero-order valence-electron chi connectivity index (χ0n) is 11.6. The van der Waals surface area contributed by atoms with Gasteiger partial charge in [-0.25, -0.2) is 9.97 Å². The molecule has 0 aliphatic carbocycles. The summed E-state index contributed by atoms with van der Waals surface area (Å²) in [4.78, 5) is 13.1. The Labute approximate surface area is 118 Å². The lowest BCUT2D eigenvalue weighted by molar-refractivity contribution is 0.478. The minimum Gasteiger partial charge on any atom is -0.367 e. The molecule has 1 saturated heterocycles. The molecule has 0 amide bonds. The molecule has 0 atom stereocenters. The third kappa shape index (κ3) is 3.11. The van der Waals surface area contributed by atoms with Crippen LogP contribution in [-0.2, 0) is 0 Å². The highest BCUT2D eigenvalue weighted by molar-refractivity contribution is 5.61. The SMILES string of the molecule is Cc1nc(NC2CCNCC2)cc(-c2cccnc2)n1. The van der Waals surface area contributed by atoms with Gasteiger partial charge in [0, 0.05) is 30.1 Å². The van der Waals surface area contributed by atoms with Gasteiger partial charge in [0.1, 0.15) is 11.6 Å². The van der Waals surface area contributed by atoms with Gasteiger partial charge in [0.2, 0.25) is 0 Å². The summed E-state index contributed by atoms with van der Waals surface area (Å²) in [6, 6.07) is 6.44. The molecule has 0 bridgehead atoms. The Kier molecular flexibility index (Phi) is 3.87. The minimum absolute atomic E-state index is 0.493. The Bertz CT molecular complexity index is 564. The highest BCUT2D eigenvalue weighted by atomic mass is 15.1. The molecule has 20 heavy (non-hydrogen) atoms. The van der Waals surface area contributed by atoms with Crippen molar-refractivity contribution < 1.29 is 0 Å². The number of pyridine rings is 1. The fourth-order valence-corrected chi connectivity index (χ4v) is 2.48. The molecule has 0 radical (unpaired) electrons. The molecule has 5 heteroatoms. The van der Waals surface area contributed by atoms with Crippen molar-refractivity contribution in [3.8, 4) is 11.3 Å². The van der Waals surface area contributed by atoms with Crippen molar-refractivity contribution in [2.75, 3.05) is 18.4 Å². The summed E-state index contributed by atoms with van der Waals surface area (Å²) in [5, 5.41) is 6.89. The number of hydrogen-bond acceptors (Lipinski definition) is 5. The number of nitrogens with zero attached hydrogens (tertiary/aromatic N) is 3. The van der Waals surface area contributed by atoms with Crippen LogP contribution >= 0.6 is 0 Å². The van der Waals surface area contributed by atoms with Crippen LogP contribution in [-0.4, -0.2) is 34.1 Å². The van der Waals surface area contributed by atoms with E-state index < -0.39 is 0 Å². The number of anilines is 1. The van der Waals surface area contributed by atoms with Crippen LogP contribution in [0.15, 0.2) is 30.6 Å². The monoisotopic (exact) mass is 269 g/mol. The van der Waals surface area contributed by atoms with Crippen molar-refractivity contribution >= 4 is 5.82 Å². The molecule has 0 spiro atoms. The molecular weight excluding hydrogens is 250 g/mol. The summed E-state index contributed by atoms with van der Waals surface area (Å²) in [7, 11) is 0. The first kappa shape index (κ1) is 13.0. The maximum absolute atomic E-state index is 4.49. The maximum Gasteiger partial charge on any atom is 0.130 e. The van der Waals surface area contributed by atoms with Gasteiger partial charge in [-0.3, -0.25) is 4.98 Å². The molecule has 0 aromatic carbocycles. The molecule has 1 aliphatic heterocycles. The zero-order chi connectivity index (χ0) is 13.8. The Hall–Kier alpha value is -2.01. The number of nitrogens with one attached hydrogen (secondary N) is 2. The van der Waals surface area contributed by atoms with E-state index in [1.54, 1.807) is 6.20 Å². The highest BCUT2D eigenvalue weighted by Gasteiger charge is 2.14. The van der Waals surface area contributed by atoms with Crippen molar-refractivity contribution in [3.63, 3.8) is 0 Å². The average Bonchev–Trinajstić information content (AvgIpc) is 2.49. The maximum atomic E-state index is 4.49. The van der Waals surface area contributed by atoms with Crippen molar-refractivity contribution in [2.24, 2.45) is 0 Å². The van der Waals surface area contributed by atoms with Crippen LogP contribution in [0.25, 0.3) is 11.3 Å². The smallest absolute Gasteiger partial charge is 0.130 e. The van der Waals surface area contributed by atoms with Gasteiger partial charge in [0.15, 0.2) is 0 Å². The third-order valence-corrected chi connectivity index (χ3v) is 3.49. The average molecular weight is 269 g/mol. The summed E-state index contributed by atoms with van der Waals surface area (Å²) in [6.07, 6.45) is 5.86. The van der Waals surface area contributed by atoms with E-state index in [2.05, 4.69) is 25.6 Å². The summed E-state index contributed by atoms with van der Waals surface area (Å²) < 4.78 is 0. The van der Waals surface area contributed by atoms with Gasteiger partial charge in [-0.05, 0) is 45.0 Å². The van der Waals surface area contributed by atoms with Crippen molar-refractivity contribution in [3.05, 3.63) is 36.4 Å². The van der Waals surface area contributed by atoms with Gasteiger partial charge >= 0.3 is 0 Å². The Morgan fingerprint density at radius 3 is 2.85 bits per heavy atom. The van der Waals surface area contributed by atoms with Crippen molar-refractivity contribution in [1.29, 1.82) is 0 Å². The summed E-state index contributed by atoms with van der Waals surface area (Å²) in [5.74, 6) is 1.69. The van der Waals surface area contributed by atoms with Crippen LogP contribution in [0.5, 0.6) is 0 Å². The molecule has 2 aromatic rings. The number of aromatic nitrogens is 3. The summed E-state index contributed by atoms with van der Waals surface area (Å²) in [5.41, 5.74) is 1.94. The Morgan fingerprint density at radius 1 is 1.25 bits per heavy atom. The van der Waals surface area contributed by atoms with E-state index in [4.69, 9.17) is 0 Å². The molecule has 0 saturated carbocycles. The summed E-state index contributed by atoms with van der Waals surface area (Å²) in [6.45, 7) is 4.06. The molecule has 1 aliphatic rings. The normalized spacial score (nSPS) is 16.1. The van der Waals surface area contributed by atoms with Gasteiger partial charge in [0.25, 0.3) is 0 Å². The predicted molar refractivity (Wildman–Crippen MR) is 79.5 cm³/mol. The highest BCUT2D eigenvalue weighted by Crippen LogP contribution is 2.20. The number of rotatable bonds is 3. The quantitative estimate of drug-likeness (QED) is 0.892. The largest absolute Gasteiger partial charge is 0.367 e. The second-order valence-electron chi connectivity index (χ2n) is 5.10. The lowest BCUT2D eigenvalue weighted by atomic mass is 10.1. The second kappa shape index (κ2) is 5.96. The Morgan fingerprint density at radius 2 is 2.10 bits per heavy atom. The molecule has 104 valence electrons. The van der Waals surface area contributed by atoms with Crippen LogP contribution in [0, 0.1) is 6.92 Å². The van der Waals surface area contributed by atoms with E-state index in [-0.39, 0.29) is 0 Å². The van der Waals surface area contributed by atoms with Crippen LogP contribution in [0.1, 0.15) is 18.7 Å². The molecule has 2 aromatic heterocycles. The first-order valence-corrected chi connectivity index (χ1v) is 7.04. The van der Waals surface area contributed by atoms with Gasteiger partial charge in [-0.1, -0.05) is 0 Å². The van der Waals surface area contributed by atoms with Gasteiger partial charge in [0.05, 0.1) is 5.69 Å². The second-order valence-corrected chi connectivity index (χ2v) is 5.10. The lowest BCUT2D eigenvalue weighted by Gasteiger charge is -2.24. The molecule has 3 heterocycles. The van der Waals surface area contributed by atoms with Gasteiger partial charge in [-0.15, -0.1) is 0 Å². The van der Waals surface area contributed by atoms with E-state index in [1.807, 2.05) is 31.3 Å². The summed E-state index contributed by atoms with van der Waals surface area (Å²) >= 11 is 0. The lowest BCUT2D eigenvalue weighted by Crippen LogP contribution is -2.35. The first-order chi connectivity index (χ1) is 9.81. The first-order valence-electron chi connectivity index (χ1n) is 7.04. The molecule has 0 unspecified atom stereocenters. The van der Waals surface area contributed by atoms with Crippen LogP contribution in [0.3, 0.4) is 0 Å². The van der Waals surface area contributed by atoms with Crippen molar-refractivity contribution in [1.82, 2.24) is 20.3 Å². The molecule has 5 nitrogen and oxygen atoms in total. The van der Waals surface area contributed by atoms with Gasteiger partial charge in [-0.2, -0.15) is 0 Å². The van der Waals surface area contributed by atoms with E-state index >= 15 is 0 Å². The molecule has 3 rings (SSSR count). The fourth-order valence-electron chi connectivity index (χ4n) is 2.48.